The van der Waals surface area contributed by atoms with Crippen LogP contribution in [-0.2, 0) is 5.41 Å². The Morgan fingerprint density at radius 3 is 1.18 bits per heavy atom. The van der Waals surface area contributed by atoms with E-state index in [-0.39, 0.29) is 5.41 Å². The fraction of sp³-hybridized carbons (Fsp3) is 0.0400. The fourth-order valence-electron chi connectivity index (χ4n) is 4.40. The Kier molecular flexibility index (Phi) is 5.11. The Morgan fingerprint density at radius 1 is 0.464 bits per heavy atom. The third kappa shape index (κ3) is 2.77. The summed E-state index contributed by atoms with van der Waals surface area (Å²) >= 11 is 0. The molecule has 5 rings (SSSR count). The lowest BCUT2D eigenvalue weighted by Crippen LogP contribution is -2.28. The number of benzene rings is 4. The van der Waals surface area contributed by atoms with E-state index in [1.807, 2.05) is 0 Å². The molecule has 0 heterocycles. The quantitative estimate of drug-likeness (QED) is 0.459. The summed E-state index contributed by atoms with van der Waals surface area (Å²) in [7, 11) is -0.750. The van der Waals surface area contributed by atoms with E-state index in [9.17, 15) is 0 Å². The monoisotopic (exact) mass is 364 g/mol. The van der Waals surface area contributed by atoms with Gasteiger partial charge in [-0.2, -0.15) is 0 Å². The minimum atomic E-state index is -0.750. The predicted molar refractivity (Wildman–Crippen MR) is 115 cm³/mol. The fourth-order valence-corrected chi connectivity index (χ4v) is 4.40. The number of hydrogen-bond acceptors (Lipinski definition) is 2. The highest BCUT2D eigenvalue weighted by molar-refractivity contribution is 6.13. The Hall–Kier alpha value is -3.14. The summed E-state index contributed by atoms with van der Waals surface area (Å²) in [5.74, 6) is 0. The zero-order valence-corrected chi connectivity index (χ0v) is 15.5. The molecule has 0 aliphatic heterocycles. The van der Waals surface area contributed by atoms with Gasteiger partial charge < -0.3 is 10.0 Å². The highest BCUT2D eigenvalue weighted by atomic mass is 16.4. The molecule has 4 aromatic carbocycles. The lowest BCUT2D eigenvalue weighted by Gasteiger charge is -2.33. The number of rotatable bonds is 2. The second-order valence-corrected chi connectivity index (χ2v) is 6.71. The van der Waals surface area contributed by atoms with Crippen LogP contribution in [-0.4, -0.2) is 17.7 Å². The molecule has 3 heteroatoms. The van der Waals surface area contributed by atoms with Crippen molar-refractivity contribution in [3.8, 4) is 11.1 Å². The molecule has 0 radical (unpaired) electrons. The molecule has 0 aromatic heterocycles. The van der Waals surface area contributed by atoms with Crippen LogP contribution in [0.25, 0.3) is 11.1 Å². The van der Waals surface area contributed by atoms with E-state index in [2.05, 4.69) is 109 Å². The molecule has 0 fully saturated rings. The van der Waals surface area contributed by atoms with Crippen LogP contribution in [0.3, 0.4) is 0 Å². The molecule has 0 unspecified atom stereocenters. The number of hydrogen-bond donors (Lipinski definition) is 2. The summed E-state index contributed by atoms with van der Waals surface area (Å²) in [6.45, 7) is 0. The molecule has 1 aliphatic rings. The van der Waals surface area contributed by atoms with Crippen LogP contribution in [0.2, 0.25) is 0 Å². The molecular weight excluding hydrogens is 343 g/mol. The van der Waals surface area contributed by atoms with E-state index in [4.69, 9.17) is 10.0 Å². The number of fused-ring (bicyclic) bond motifs is 3. The zero-order chi connectivity index (χ0) is 19.4. The van der Waals surface area contributed by atoms with E-state index >= 15 is 0 Å². The van der Waals surface area contributed by atoms with Crippen molar-refractivity contribution in [3.63, 3.8) is 0 Å². The molecule has 136 valence electrons. The second-order valence-electron chi connectivity index (χ2n) is 6.71. The van der Waals surface area contributed by atoms with Gasteiger partial charge >= 0.3 is 7.69 Å². The highest BCUT2D eigenvalue weighted by Crippen LogP contribution is 2.55. The van der Waals surface area contributed by atoms with Crippen molar-refractivity contribution in [2.24, 2.45) is 0 Å². The van der Waals surface area contributed by atoms with E-state index in [0.717, 1.165) is 0 Å². The van der Waals surface area contributed by atoms with Gasteiger partial charge in [0.25, 0.3) is 0 Å². The summed E-state index contributed by atoms with van der Waals surface area (Å²) in [4.78, 5) is 0. The first-order valence-corrected chi connectivity index (χ1v) is 9.36. The van der Waals surface area contributed by atoms with Crippen molar-refractivity contribution in [2.75, 3.05) is 0 Å². The van der Waals surface area contributed by atoms with Crippen LogP contribution in [0.5, 0.6) is 0 Å². The minimum Gasteiger partial charge on any atom is -0.430 e. The van der Waals surface area contributed by atoms with Gasteiger partial charge in [0.1, 0.15) is 0 Å². The summed E-state index contributed by atoms with van der Waals surface area (Å²) in [5, 5.41) is 14.2. The zero-order valence-electron chi connectivity index (χ0n) is 15.5. The van der Waals surface area contributed by atoms with Crippen LogP contribution < -0.4 is 0 Å². The molecule has 0 spiro atoms. The third-order valence-corrected chi connectivity index (χ3v) is 5.37. The molecule has 0 saturated carbocycles. The maximum atomic E-state index is 7.12. The van der Waals surface area contributed by atoms with Crippen LogP contribution in [0.1, 0.15) is 22.3 Å². The lowest BCUT2D eigenvalue weighted by molar-refractivity contribution is 0.448. The van der Waals surface area contributed by atoms with E-state index < -0.39 is 7.69 Å². The van der Waals surface area contributed by atoms with Crippen LogP contribution in [0.15, 0.2) is 109 Å². The summed E-state index contributed by atoms with van der Waals surface area (Å²) in [6.07, 6.45) is 0. The van der Waals surface area contributed by atoms with E-state index in [1.54, 1.807) is 0 Å². The van der Waals surface area contributed by atoms with E-state index in [1.165, 1.54) is 33.4 Å². The first-order valence-electron chi connectivity index (χ1n) is 9.36. The molecule has 2 nitrogen and oxygen atoms in total. The third-order valence-electron chi connectivity index (χ3n) is 5.37. The Labute approximate surface area is 166 Å². The second kappa shape index (κ2) is 7.85. The highest BCUT2D eigenvalue weighted by Gasteiger charge is 2.45. The maximum Gasteiger partial charge on any atom is 0.432 e. The molecule has 28 heavy (non-hydrogen) atoms. The van der Waals surface area contributed by atoms with Crippen molar-refractivity contribution in [2.45, 2.75) is 5.41 Å². The normalized spacial score (nSPS) is 12.9. The minimum absolute atomic E-state index is 0.254. The van der Waals surface area contributed by atoms with Gasteiger partial charge in [-0.3, -0.25) is 0 Å². The first kappa shape index (κ1) is 18.2. The topological polar surface area (TPSA) is 40.5 Å². The Bertz CT molecular complexity index is 975. The van der Waals surface area contributed by atoms with Gasteiger partial charge in [-0.05, 0) is 33.4 Å². The summed E-state index contributed by atoms with van der Waals surface area (Å²) < 4.78 is 0. The smallest absolute Gasteiger partial charge is 0.430 e. The molecule has 0 atom stereocenters. The van der Waals surface area contributed by atoms with Crippen molar-refractivity contribution in [1.29, 1.82) is 0 Å². The van der Waals surface area contributed by atoms with Gasteiger partial charge in [0.15, 0.2) is 0 Å². The molecule has 1 aliphatic carbocycles. The maximum absolute atomic E-state index is 7.12. The lowest BCUT2D eigenvalue weighted by atomic mass is 9.68. The average Bonchev–Trinajstić information content (AvgIpc) is 3.07. The molecule has 4 aromatic rings. The molecule has 0 amide bonds. The van der Waals surface area contributed by atoms with Gasteiger partial charge in [-0.1, -0.05) is 109 Å². The molecule has 2 N–H and O–H groups in total. The Morgan fingerprint density at radius 2 is 0.786 bits per heavy atom. The van der Waals surface area contributed by atoms with Crippen molar-refractivity contribution in [3.05, 3.63) is 131 Å². The van der Waals surface area contributed by atoms with Gasteiger partial charge in [-0.15, -0.1) is 0 Å². The largest absolute Gasteiger partial charge is 0.432 e. The predicted octanol–water partition coefficient (Wildman–Crippen LogP) is 4.29. The van der Waals surface area contributed by atoms with Crippen molar-refractivity contribution >= 4 is 7.69 Å². The van der Waals surface area contributed by atoms with Gasteiger partial charge in [-0.25, -0.2) is 0 Å². The van der Waals surface area contributed by atoms with Gasteiger partial charge in [0, 0.05) is 0 Å². The SMILES string of the molecule is OBO.c1ccc(C2(c3ccccc3)c3ccccc3-c3ccccc32)cc1. The van der Waals surface area contributed by atoms with Crippen LogP contribution in [0, 0.1) is 0 Å². The van der Waals surface area contributed by atoms with E-state index in [0.29, 0.717) is 0 Å². The molecular formula is C25H21BO2. The first-order chi connectivity index (χ1) is 13.8. The van der Waals surface area contributed by atoms with Crippen LogP contribution >= 0.6 is 0 Å². The van der Waals surface area contributed by atoms with Crippen molar-refractivity contribution in [1.82, 2.24) is 0 Å². The average molecular weight is 364 g/mol. The summed E-state index contributed by atoms with van der Waals surface area (Å²) in [5.41, 5.74) is 7.80. The molecule has 0 bridgehead atoms. The van der Waals surface area contributed by atoms with Gasteiger partial charge in [0.05, 0.1) is 5.41 Å². The van der Waals surface area contributed by atoms with Crippen molar-refractivity contribution < 1.29 is 10.0 Å². The standard InChI is InChI=1S/C25H18.BH3O2/c1-3-11-19(12-4-1)25(20-13-5-2-6-14-20)23-17-9-7-15-21(23)22-16-8-10-18-24(22)25;2-1-3/h1-18H;1-3H. The summed E-state index contributed by atoms with van der Waals surface area (Å²) in [6, 6.07) is 39.5. The van der Waals surface area contributed by atoms with Crippen LogP contribution in [0.4, 0.5) is 0 Å². The molecule has 0 saturated heterocycles. The van der Waals surface area contributed by atoms with Gasteiger partial charge in [0.2, 0.25) is 0 Å². The Balaban J connectivity index is 0.000000604.